The number of carboxylic acids is 1. The van der Waals surface area contributed by atoms with E-state index in [1.807, 2.05) is 30.5 Å². The average molecular weight is 550 g/mol. The van der Waals surface area contributed by atoms with E-state index in [2.05, 4.69) is 46.1 Å². The zero-order valence-electron chi connectivity index (χ0n) is 20.9. The van der Waals surface area contributed by atoms with Crippen molar-refractivity contribution < 1.29 is 14.7 Å². The van der Waals surface area contributed by atoms with E-state index in [-0.39, 0.29) is 17.5 Å². The maximum Gasteiger partial charge on any atom is 0.335 e. The number of carbonyl (C=O) groups is 2. The van der Waals surface area contributed by atoms with Gasteiger partial charge < -0.3 is 10.4 Å². The number of aromatic nitrogens is 2. The Morgan fingerprint density at radius 1 is 0.949 bits per heavy atom. The van der Waals surface area contributed by atoms with E-state index < -0.39 is 5.97 Å². The number of rotatable bonds is 7. The fraction of sp³-hybridized carbons (Fsp3) is 0.0968. The minimum Gasteiger partial charge on any atom is -0.478 e. The van der Waals surface area contributed by atoms with Crippen LogP contribution in [0.25, 0.3) is 32.0 Å². The molecule has 1 atom stereocenters. The summed E-state index contributed by atoms with van der Waals surface area (Å²) in [6, 6.07) is 24.9. The number of benzene rings is 4. The third-order valence-electron chi connectivity index (χ3n) is 6.85. The van der Waals surface area contributed by atoms with E-state index in [1.54, 1.807) is 30.5 Å². The van der Waals surface area contributed by atoms with E-state index in [1.165, 1.54) is 33.8 Å². The Morgan fingerprint density at radius 2 is 1.74 bits per heavy atom. The van der Waals surface area contributed by atoms with E-state index in [9.17, 15) is 14.7 Å². The fourth-order valence-electron chi connectivity index (χ4n) is 4.76. The number of hydrogen-bond acceptors (Lipinski definition) is 6. The molecule has 192 valence electrons. The number of fused-ring (bicyclic) bond motifs is 2. The van der Waals surface area contributed by atoms with Crippen molar-refractivity contribution in [3.63, 3.8) is 0 Å². The average Bonchev–Trinajstić information content (AvgIpc) is 3.63. The Labute approximate surface area is 232 Å². The molecule has 2 aromatic heterocycles. The molecule has 0 aliphatic carbocycles. The van der Waals surface area contributed by atoms with E-state index in [0.717, 1.165) is 38.0 Å². The summed E-state index contributed by atoms with van der Waals surface area (Å²) in [6.45, 7) is 1.89. The quantitative estimate of drug-likeness (QED) is 0.217. The van der Waals surface area contributed by atoms with Crippen LogP contribution in [0.5, 0.6) is 0 Å². The number of nitrogens with zero attached hydrogens (tertiary/aromatic N) is 2. The van der Waals surface area contributed by atoms with Crippen molar-refractivity contribution in [2.24, 2.45) is 0 Å². The summed E-state index contributed by atoms with van der Waals surface area (Å²) >= 11 is 2.77. The largest absolute Gasteiger partial charge is 0.478 e. The van der Waals surface area contributed by atoms with E-state index in [0.29, 0.717) is 12.0 Å². The molecule has 0 bridgehead atoms. The van der Waals surface area contributed by atoms with E-state index >= 15 is 0 Å². The van der Waals surface area contributed by atoms with Crippen LogP contribution in [0.4, 0.5) is 0 Å². The highest BCUT2D eigenvalue weighted by molar-refractivity contribution is 7.13. The topological polar surface area (TPSA) is 92.2 Å². The van der Waals surface area contributed by atoms with Crippen molar-refractivity contribution in [1.29, 1.82) is 0 Å². The SMILES string of the molecule is C[C@H](NC(=O)c1cc(-c2cnsc2)cc2snc(Cc3ccc4ccccc4c3)c12)c1ccc(C(=O)O)cc1. The molecule has 0 radical (unpaired) electrons. The summed E-state index contributed by atoms with van der Waals surface area (Å²) in [5.41, 5.74) is 5.46. The lowest BCUT2D eigenvalue weighted by atomic mass is 9.97. The predicted octanol–water partition coefficient (Wildman–Crippen LogP) is 7.35. The highest BCUT2D eigenvalue weighted by Gasteiger charge is 2.21. The van der Waals surface area contributed by atoms with Gasteiger partial charge in [-0.1, -0.05) is 54.6 Å². The van der Waals surface area contributed by atoms with Gasteiger partial charge in [-0.15, -0.1) is 0 Å². The fourth-order valence-corrected chi connectivity index (χ4v) is 6.17. The van der Waals surface area contributed by atoms with Crippen LogP contribution in [0.15, 0.2) is 90.4 Å². The minimum absolute atomic E-state index is 0.207. The molecule has 1 amide bonds. The normalized spacial score (nSPS) is 12.0. The van der Waals surface area contributed by atoms with Crippen molar-refractivity contribution in [2.45, 2.75) is 19.4 Å². The molecule has 0 spiro atoms. The molecule has 6 rings (SSSR count). The van der Waals surface area contributed by atoms with Gasteiger partial charge in [-0.05, 0) is 81.7 Å². The van der Waals surface area contributed by atoms with Crippen LogP contribution in [0.3, 0.4) is 0 Å². The third-order valence-corrected chi connectivity index (χ3v) is 8.26. The molecule has 0 unspecified atom stereocenters. The molecular formula is C31H23N3O3S2. The van der Waals surface area contributed by atoms with Gasteiger partial charge in [-0.25, -0.2) is 9.17 Å². The molecule has 39 heavy (non-hydrogen) atoms. The number of nitrogens with one attached hydrogen (secondary N) is 1. The Morgan fingerprint density at radius 3 is 2.49 bits per heavy atom. The smallest absolute Gasteiger partial charge is 0.335 e. The van der Waals surface area contributed by atoms with Gasteiger partial charge in [0.15, 0.2) is 0 Å². The van der Waals surface area contributed by atoms with Crippen molar-refractivity contribution in [3.8, 4) is 11.1 Å². The van der Waals surface area contributed by atoms with Crippen molar-refractivity contribution >= 4 is 55.8 Å². The maximum absolute atomic E-state index is 13.8. The monoisotopic (exact) mass is 549 g/mol. The van der Waals surface area contributed by atoms with Crippen molar-refractivity contribution in [1.82, 2.24) is 14.1 Å². The second-order valence-electron chi connectivity index (χ2n) is 9.42. The van der Waals surface area contributed by atoms with Gasteiger partial charge in [-0.3, -0.25) is 4.79 Å². The molecule has 0 saturated heterocycles. The molecular weight excluding hydrogens is 526 g/mol. The zero-order valence-corrected chi connectivity index (χ0v) is 22.6. The van der Waals surface area contributed by atoms with Crippen LogP contribution in [-0.4, -0.2) is 25.7 Å². The maximum atomic E-state index is 13.8. The van der Waals surface area contributed by atoms with Crippen molar-refractivity contribution in [3.05, 3.63) is 118 Å². The van der Waals surface area contributed by atoms with Crippen LogP contribution >= 0.6 is 23.1 Å². The zero-order chi connectivity index (χ0) is 26.9. The predicted molar refractivity (Wildman–Crippen MR) is 157 cm³/mol. The molecule has 4 aromatic carbocycles. The molecule has 0 saturated carbocycles. The number of carboxylic acid groups (broad SMARTS) is 1. The van der Waals surface area contributed by atoms with Gasteiger partial charge in [0.2, 0.25) is 0 Å². The summed E-state index contributed by atoms with van der Waals surface area (Å²) in [5.74, 6) is -1.19. The Balaban J connectivity index is 1.38. The van der Waals surface area contributed by atoms with Crippen LogP contribution < -0.4 is 5.32 Å². The number of carbonyl (C=O) groups excluding carboxylic acids is 1. The first-order valence-electron chi connectivity index (χ1n) is 12.4. The lowest BCUT2D eigenvalue weighted by molar-refractivity contribution is 0.0696. The van der Waals surface area contributed by atoms with E-state index in [4.69, 9.17) is 4.37 Å². The highest BCUT2D eigenvalue weighted by Crippen LogP contribution is 2.34. The first-order valence-corrected chi connectivity index (χ1v) is 14.0. The van der Waals surface area contributed by atoms with Gasteiger partial charge in [0.1, 0.15) is 0 Å². The summed E-state index contributed by atoms with van der Waals surface area (Å²) < 4.78 is 9.97. The second kappa shape index (κ2) is 10.4. The lowest BCUT2D eigenvalue weighted by Crippen LogP contribution is -2.27. The van der Waals surface area contributed by atoms with Crippen molar-refractivity contribution in [2.75, 3.05) is 0 Å². The number of amides is 1. The Kier molecular flexibility index (Phi) is 6.64. The highest BCUT2D eigenvalue weighted by atomic mass is 32.1. The van der Waals surface area contributed by atoms with Crippen LogP contribution in [-0.2, 0) is 6.42 Å². The van der Waals surface area contributed by atoms with Crippen LogP contribution in [0, 0.1) is 0 Å². The summed E-state index contributed by atoms with van der Waals surface area (Å²) in [7, 11) is 0. The van der Waals surface area contributed by atoms with Gasteiger partial charge >= 0.3 is 5.97 Å². The Bertz CT molecular complexity index is 1830. The first kappa shape index (κ1) is 24.9. The Hall–Kier alpha value is -4.40. The minimum atomic E-state index is -0.982. The third kappa shape index (κ3) is 5.04. The number of hydrogen-bond donors (Lipinski definition) is 2. The van der Waals surface area contributed by atoms with Gasteiger partial charge in [0, 0.05) is 28.9 Å². The molecule has 6 nitrogen and oxygen atoms in total. The first-order chi connectivity index (χ1) is 19.0. The van der Waals surface area contributed by atoms with Gasteiger partial charge in [-0.2, -0.15) is 4.37 Å². The van der Waals surface area contributed by atoms with Gasteiger partial charge in [0.25, 0.3) is 5.91 Å². The number of aromatic carboxylic acids is 1. The molecule has 0 aliphatic rings. The molecule has 2 N–H and O–H groups in total. The van der Waals surface area contributed by atoms with Crippen LogP contribution in [0.2, 0.25) is 0 Å². The molecule has 8 heteroatoms. The molecule has 2 heterocycles. The molecule has 0 fully saturated rings. The molecule has 6 aromatic rings. The van der Waals surface area contributed by atoms with Crippen LogP contribution in [0.1, 0.15) is 50.5 Å². The summed E-state index contributed by atoms with van der Waals surface area (Å²) in [5, 5.41) is 17.5. The second-order valence-corrected chi connectivity index (χ2v) is 10.9. The van der Waals surface area contributed by atoms with Gasteiger partial charge in [0.05, 0.1) is 27.6 Å². The lowest BCUT2D eigenvalue weighted by Gasteiger charge is -2.16. The standard InChI is InChI=1S/C31H23N3O3S2/c1-18(20-8-10-22(11-9-20)31(36)37)33-30(35)26-14-24(25-16-32-38-17-25)15-28-29(26)27(34-39-28)13-19-6-7-21-4-2-3-5-23(21)12-19/h2-12,14-18H,13H2,1H3,(H,33,35)(H,36,37)/t18-/m0/s1. The molecule has 0 aliphatic heterocycles. The summed E-state index contributed by atoms with van der Waals surface area (Å²) in [4.78, 5) is 25.0. The summed E-state index contributed by atoms with van der Waals surface area (Å²) in [6.07, 6.45) is 2.41.